The quantitative estimate of drug-likeness (QED) is 0.872. The molecule has 0 aromatic carbocycles. The van der Waals surface area contributed by atoms with Crippen LogP contribution in [0, 0.1) is 0 Å². The molecule has 0 amide bonds. The normalized spacial score (nSPS) is 20.8. The Bertz CT molecular complexity index is 414. The molecule has 1 unspecified atom stereocenters. The third-order valence-corrected chi connectivity index (χ3v) is 5.34. The second-order valence-corrected chi connectivity index (χ2v) is 7.40. The number of aromatic nitrogens is 1. The Morgan fingerprint density at radius 2 is 2.20 bits per heavy atom. The maximum atomic E-state index is 4.89. The van der Waals surface area contributed by atoms with Gasteiger partial charge in [0.1, 0.15) is 0 Å². The highest BCUT2D eigenvalue weighted by atomic mass is 32.1. The van der Waals surface area contributed by atoms with Gasteiger partial charge in [-0.3, -0.25) is 0 Å². The fourth-order valence-electron chi connectivity index (χ4n) is 2.99. The van der Waals surface area contributed by atoms with Crippen LogP contribution in [0.25, 0.3) is 0 Å². The van der Waals surface area contributed by atoms with Crippen molar-refractivity contribution in [3.63, 3.8) is 0 Å². The van der Waals surface area contributed by atoms with E-state index < -0.39 is 0 Å². The standard InChI is InChI=1S/C16H29N3S/c1-12(2)16-14(11-17-4)20-15(18-16)8-10-19-9-6-5-7-13(19)3/h12-13,17H,5-11H2,1-4H3. The predicted molar refractivity (Wildman–Crippen MR) is 87.6 cm³/mol. The van der Waals surface area contributed by atoms with E-state index in [-0.39, 0.29) is 0 Å². The van der Waals surface area contributed by atoms with Crippen LogP contribution in [0.5, 0.6) is 0 Å². The lowest BCUT2D eigenvalue weighted by Gasteiger charge is -2.33. The van der Waals surface area contributed by atoms with Crippen LogP contribution in [0.15, 0.2) is 0 Å². The van der Waals surface area contributed by atoms with Crippen molar-refractivity contribution < 1.29 is 0 Å². The SMILES string of the molecule is CNCc1sc(CCN2CCCCC2C)nc1C(C)C. The van der Waals surface area contributed by atoms with Crippen LogP contribution in [0.2, 0.25) is 0 Å². The zero-order valence-electron chi connectivity index (χ0n) is 13.4. The van der Waals surface area contributed by atoms with Crippen molar-refractivity contribution in [1.29, 1.82) is 0 Å². The van der Waals surface area contributed by atoms with E-state index in [1.807, 2.05) is 18.4 Å². The third-order valence-electron chi connectivity index (χ3n) is 4.21. The van der Waals surface area contributed by atoms with E-state index in [1.165, 1.54) is 47.9 Å². The Kier molecular flexibility index (Phi) is 6.00. The lowest BCUT2D eigenvalue weighted by atomic mass is 10.0. The minimum absolute atomic E-state index is 0.525. The molecule has 1 aliphatic heterocycles. The van der Waals surface area contributed by atoms with Crippen molar-refractivity contribution >= 4 is 11.3 Å². The number of piperidine rings is 1. The van der Waals surface area contributed by atoms with Crippen LogP contribution in [0.4, 0.5) is 0 Å². The van der Waals surface area contributed by atoms with Crippen LogP contribution in [-0.4, -0.2) is 36.1 Å². The Morgan fingerprint density at radius 1 is 1.40 bits per heavy atom. The molecule has 0 spiro atoms. The molecule has 2 rings (SSSR count). The molecule has 1 aromatic rings. The summed E-state index contributed by atoms with van der Waals surface area (Å²) in [5.74, 6) is 0.525. The van der Waals surface area contributed by atoms with Crippen molar-refractivity contribution in [2.45, 2.75) is 65.0 Å². The predicted octanol–water partition coefficient (Wildman–Crippen LogP) is 3.40. The molecule has 0 saturated carbocycles. The van der Waals surface area contributed by atoms with Gasteiger partial charge in [0.05, 0.1) is 10.7 Å². The van der Waals surface area contributed by atoms with Crippen LogP contribution < -0.4 is 5.32 Å². The highest BCUT2D eigenvalue weighted by Gasteiger charge is 2.19. The molecule has 0 radical (unpaired) electrons. The summed E-state index contributed by atoms with van der Waals surface area (Å²) in [4.78, 5) is 8.95. The van der Waals surface area contributed by atoms with Gasteiger partial charge in [-0.05, 0) is 39.3 Å². The molecule has 1 aliphatic rings. The smallest absolute Gasteiger partial charge is 0.0944 e. The average Bonchev–Trinajstić information content (AvgIpc) is 2.82. The van der Waals surface area contributed by atoms with Crippen LogP contribution >= 0.6 is 11.3 Å². The van der Waals surface area contributed by atoms with Gasteiger partial charge in [0, 0.05) is 30.4 Å². The molecule has 3 nitrogen and oxygen atoms in total. The van der Waals surface area contributed by atoms with Crippen molar-refractivity contribution in [1.82, 2.24) is 15.2 Å². The molecule has 114 valence electrons. The first-order valence-corrected chi connectivity index (χ1v) is 8.80. The summed E-state index contributed by atoms with van der Waals surface area (Å²) in [7, 11) is 2.01. The Morgan fingerprint density at radius 3 is 2.85 bits per heavy atom. The molecule has 0 bridgehead atoms. The molecular weight excluding hydrogens is 266 g/mol. The van der Waals surface area contributed by atoms with Gasteiger partial charge in [-0.2, -0.15) is 0 Å². The molecule has 1 aromatic heterocycles. The molecule has 2 heterocycles. The van der Waals surface area contributed by atoms with E-state index in [4.69, 9.17) is 4.98 Å². The molecule has 20 heavy (non-hydrogen) atoms. The van der Waals surface area contributed by atoms with E-state index in [0.29, 0.717) is 5.92 Å². The van der Waals surface area contributed by atoms with E-state index in [9.17, 15) is 0 Å². The first kappa shape index (κ1) is 15.9. The topological polar surface area (TPSA) is 28.2 Å². The largest absolute Gasteiger partial charge is 0.315 e. The minimum atomic E-state index is 0.525. The van der Waals surface area contributed by atoms with Crippen molar-refractivity contribution in [2.75, 3.05) is 20.1 Å². The molecule has 1 saturated heterocycles. The molecule has 1 N–H and O–H groups in total. The van der Waals surface area contributed by atoms with Gasteiger partial charge in [0.2, 0.25) is 0 Å². The van der Waals surface area contributed by atoms with Crippen LogP contribution in [0.3, 0.4) is 0 Å². The summed E-state index contributed by atoms with van der Waals surface area (Å²) in [6.07, 6.45) is 5.24. The molecule has 4 heteroatoms. The molecule has 0 aliphatic carbocycles. The number of thiazole rings is 1. The maximum absolute atomic E-state index is 4.89. The van der Waals surface area contributed by atoms with Gasteiger partial charge in [0.15, 0.2) is 0 Å². The lowest BCUT2D eigenvalue weighted by Crippen LogP contribution is -2.38. The van der Waals surface area contributed by atoms with Gasteiger partial charge >= 0.3 is 0 Å². The first-order valence-electron chi connectivity index (χ1n) is 7.99. The average molecular weight is 295 g/mol. The summed E-state index contributed by atoms with van der Waals surface area (Å²) in [5, 5.41) is 4.58. The van der Waals surface area contributed by atoms with E-state index in [2.05, 4.69) is 31.0 Å². The van der Waals surface area contributed by atoms with E-state index in [0.717, 1.165) is 19.0 Å². The third kappa shape index (κ3) is 4.03. The zero-order valence-corrected chi connectivity index (χ0v) is 14.2. The fourth-order valence-corrected chi connectivity index (χ4v) is 4.21. The van der Waals surface area contributed by atoms with E-state index >= 15 is 0 Å². The number of nitrogens with one attached hydrogen (secondary N) is 1. The van der Waals surface area contributed by atoms with Gasteiger partial charge in [-0.15, -0.1) is 11.3 Å². The Labute approximate surface area is 127 Å². The van der Waals surface area contributed by atoms with Gasteiger partial charge < -0.3 is 10.2 Å². The molecule has 1 fully saturated rings. The zero-order chi connectivity index (χ0) is 14.5. The lowest BCUT2D eigenvalue weighted by molar-refractivity contribution is 0.163. The van der Waals surface area contributed by atoms with E-state index in [1.54, 1.807) is 0 Å². The highest BCUT2D eigenvalue weighted by Crippen LogP contribution is 2.26. The van der Waals surface area contributed by atoms with Crippen molar-refractivity contribution in [3.8, 4) is 0 Å². The number of hydrogen-bond donors (Lipinski definition) is 1. The fraction of sp³-hybridized carbons (Fsp3) is 0.812. The van der Waals surface area contributed by atoms with Crippen LogP contribution in [-0.2, 0) is 13.0 Å². The Balaban J connectivity index is 1.96. The minimum Gasteiger partial charge on any atom is -0.315 e. The van der Waals surface area contributed by atoms with Crippen molar-refractivity contribution in [3.05, 3.63) is 15.6 Å². The molecular formula is C16H29N3S. The van der Waals surface area contributed by atoms with Gasteiger partial charge in [-0.25, -0.2) is 4.98 Å². The van der Waals surface area contributed by atoms with Gasteiger partial charge in [-0.1, -0.05) is 20.3 Å². The number of hydrogen-bond acceptors (Lipinski definition) is 4. The second kappa shape index (κ2) is 7.53. The number of likely N-dealkylation sites (tertiary alicyclic amines) is 1. The summed E-state index contributed by atoms with van der Waals surface area (Å²) >= 11 is 1.90. The highest BCUT2D eigenvalue weighted by molar-refractivity contribution is 7.11. The summed E-state index contributed by atoms with van der Waals surface area (Å²) in [6, 6.07) is 0.755. The summed E-state index contributed by atoms with van der Waals surface area (Å²) in [5.41, 5.74) is 1.30. The second-order valence-electron chi connectivity index (χ2n) is 6.23. The van der Waals surface area contributed by atoms with Crippen LogP contribution in [0.1, 0.15) is 61.5 Å². The number of nitrogens with zero attached hydrogens (tertiary/aromatic N) is 2. The monoisotopic (exact) mass is 295 g/mol. The van der Waals surface area contributed by atoms with Crippen molar-refractivity contribution in [2.24, 2.45) is 0 Å². The summed E-state index contributed by atoms with van der Waals surface area (Å²) < 4.78 is 0. The number of rotatable bonds is 6. The molecule has 1 atom stereocenters. The summed E-state index contributed by atoms with van der Waals surface area (Å²) in [6.45, 7) is 10.2. The first-order chi connectivity index (χ1) is 9.61. The Hall–Kier alpha value is -0.450. The van der Waals surface area contributed by atoms with Gasteiger partial charge in [0.25, 0.3) is 0 Å². The maximum Gasteiger partial charge on any atom is 0.0944 e.